The Morgan fingerprint density at radius 2 is 1.69 bits per heavy atom. The van der Waals surface area contributed by atoms with Crippen LogP contribution in [0.2, 0.25) is 0 Å². The average Bonchev–Trinajstić information content (AvgIpc) is 2.88. The monoisotopic (exact) mass is 361 g/mol. The van der Waals surface area contributed by atoms with E-state index in [2.05, 4.69) is 10.1 Å². The number of anilines is 1. The molecule has 3 rings (SSSR count). The molecule has 26 heavy (non-hydrogen) atoms. The first-order chi connectivity index (χ1) is 12.5. The smallest absolute Gasteiger partial charge is 0.387 e. The Labute approximate surface area is 147 Å². The summed E-state index contributed by atoms with van der Waals surface area (Å²) in [4.78, 5) is 24.9. The molecule has 1 amide bonds. The average molecular weight is 361 g/mol. The second-order valence-corrected chi connectivity index (χ2v) is 5.52. The number of ether oxygens (including phenoxy) is 1. The third-order valence-corrected chi connectivity index (χ3v) is 3.92. The lowest BCUT2D eigenvalue weighted by atomic mass is 10.3. The van der Waals surface area contributed by atoms with Gasteiger partial charge in [-0.05, 0) is 31.2 Å². The van der Waals surface area contributed by atoms with Gasteiger partial charge >= 0.3 is 12.3 Å². The van der Waals surface area contributed by atoms with Crippen molar-refractivity contribution in [3.63, 3.8) is 0 Å². The van der Waals surface area contributed by atoms with E-state index < -0.39 is 12.5 Å². The van der Waals surface area contributed by atoms with Gasteiger partial charge in [-0.3, -0.25) is 13.9 Å². The summed E-state index contributed by atoms with van der Waals surface area (Å²) in [6.07, 6.45) is 0. The van der Waals surface area contributed by atoms with E-state index in [4.69, 9.17) is 0 Å². The second kappa shape index (κ2) is 7.38. The number of alkyl halides is 2. The largest absolute Gasteiger partial charge is 0.433 e. The fourth-order valence-corrected chi connectivity index (χ4v) is 2.83. The zero-order valence-electron chi connectivity index (χ0n) is 14.0. The Kier molecular flexibility index (Phi) is 5.01. The molecule has 0 aliphatic rings. The van der Waals surface area contributed by atoms with E-state index in [0.717, 1.165) is 5.52 Å². The zero-order valence-corrected chi connectivity index (χ0v) is 14.0. The number of aryl methyl sites for hydroxylation is 1. The number of hydrogen-bond donors (Lipinski definition) is 1. The van der Waals surface area contributed by atoms with E-state index in [0.29, 0.717) is 12.1 Å². The summed E-state index contributed by atoms with van der Waals surface area (Å²) in [5.74, 6) is -0.657. The van der Waals surface area contributed by atoms with Crippen molar-refractivity contribution in [2.75, 3.05) is 5.32 Å². The lowest BCUT2D eigenvalue weighted by Crippen LogP contribution is -2.29. The first-order valence-electron chi connectivity index (χ1n) is 8.03. The number of halogens is 2. The zero-order chi connectivity index (χ0) is 18.7. The van der Waals surface area contributed by atoms with Gasteiger partial charge in [0.05, 0.1) is 16.7 Å². The lowest BCUT2D eigenvalue weighted by Gasteiger charge is -2.12. The third kappa shape index (κ3) is 3.44. The minimum Gasteiger partial charge on any atom is -0.433 e. The van der Waals surface area contributed by atoms with Gasteiger partial charge in [0.1, 0.15) is 12.3 Å². The Morgan fingerprint density at radius 1 is 1.08 bits per heavy atom. The van der Waals surface area contributed by atoms with Crippen LogP contribution in [0.4, 0.5) is 14.5 Å². The van der Waals surface area contributed by atoms with Crippen LogP contribution in [0.15, 0.2) is 53.3 Å². The maximum absolute atomic E-state index is 12.5. The number of hydrogen-bond acceptors (Lipinski definition) is 3. The number of carbonyl (C=O) groups excluding carboxylic acids is 1. The molecule has 1 aromatic heterocycles. The number of nitrogens with zero attached hydrogens (tertiary/aromatic N) is 2. The normalized spacial score (nSPS) is 11.1. The fourth-order valence-electron chi connectivity index (χ4n) is 2.83. The SMILES string of the molecule is CCn1c(=O)n(CC(=O)Nc2ccccc2OC(F)F)c2ccccc21. The molecule has 8 heteroatoms. The van der Waals surface area contributed by atoms with Crippen molar-refractivity contribution in [1.29, 1.82) is 0 Å². The number of amides is 1. The highest BCUT2D eigenvalue weighted by atomic mass is 19.3. The minimum absolute atomic E-state index is 0.116. The van der Waals surface area contributed by atoms with Crippen LogP contribution in [0, 0.1) is 0 Å². The molecule has 3 aromatic rings. The number of nitrogens with one attached hydrogen (secondary N) is 1. The van der Waals surface area contributed by atoms with Crippen LogP contribution in [0.5, 0.6) is 5.75 Å². The molecule has 0 aliphatic heterocycles. The molecule has 0 saturated carbocycles. The number of carbonyl (C=O) groups is 1. The molecule has 136 valence electrons. The first kappa shape index (κ1) is 17.7. The Hall–Kier alpha value is -3.16. The lowest BCUT2D eigenvalue weighted by molar-refractivity contribution is -0.116. The second-order valence-electron chi connectivity index (χ2n) is 5.52. The number of para-hydroxylation sites is 4. The van der Waals surface area contributed by atoms with E-state index in [1.165, 1.54) is 22.8 Å². The third-order valence-electron chi connectivity index (χ3n) is 3.92. The van der Waals surface area contributed by atoms with Crippen LogP contribution in [0.3, 0.4) is 0 Å². The van der Waals surface area contributed by atoms with Crippen molar-refractivity contribution < 1.29 is 18.3 Å². The first-order valence-corrected chi connectivity index (χ1v) is 8.03. The standard InChI is InChI=1S/C18H17F2N3O3/c1-2-22-13-8-4-5-9-14(13)23(18(22)25)11-16(24)21-12-7-3-6-10-15(12)26-17(19)20/h3-10,17H,2,11H2,1H3,(H,21,24). The molecule has 0 fully saturated rings. The molecule has 0 atom stereocenters. The predicted molar refractivity (Wildman–Crippen MR) is 93.6 cm³/mol. The van der Waals surface area contributed by atoms with Gasteiger partial charge in [-0.1, -0.05) is 24.3 Å². The van der Waals surface area contributed by atoms with Crippen molar-refractivity contribution >= 4 is 22.6 Å². The summed E-state index contributed by atoms with van der Waals surface area (Å²) < 4.78 is 32.3. The topological polar surface area (TPSA) is 65.3 Å². The quantitative estimate of drug-likeness (QED) is 0.734. The van der Waals surface area contributed by atoms with E-state index >= 15 is 0 Å². The van der Waals surface area contributed by atoms with Gasteiger partial charge in [0, 0.05) is 6.54 Å². The van der Waals surface area contributed by atoms with Crippen LogP contribution in [0.25, 0.3) is 11.0 Å². The summed E-state index contributed by atoms with van der Waals surface area (Å²) in [6.45, 7) is -0.928. The molecule has 1 N–H and O–H groups in total. The van der Waals surface area contributed by atoms with Crippen LogP contribution >= 0.6 is 0 Å². The minimum atomic E-state index is -3.00. The molecule has 0 aliphatic carbocycles. The molecule has 0 bridgehead atoms. The van der Waals surface area contributed by atoms with E-state index in [-0.39, 0.29) is 23.7 Å². The Morgan fingerprint density at radius 3 is 2.35 bits per heavy atom. The Balaban J connectivity index is 1.87. The van der Waals surface area contributed by atoms with Crippen molar-refractivity contribution in [2.45, 2.75) is 26.6 Å². The van der Waals surface area contributed by atoms with Crippen molar-refractivity contribution in [1.82, 2.24) is 9.13 Å². The summed E-state index contributed by atoms with van der Waals surface area (Å²) in [6, 6.07) is 13.0. The molecular weight excluding hydrogens is 344 g/mol. The number of rotatable bonds is 6. The van der Waals surface area contributed by atoms with Crippen LogP contribution in [0.1, 0.15) is 6.92 Å². The summed E-state index contributed by atoms with van der Waals surface area (Å²) in [5.41, 5.74) is 1.17. The van der Waals surface area contributed by atoms with Gasteiger partial charge < -0.3 is 10.1 Å². The number of benzene rings is 2. The number of fused-ring (bicyclic) bond motifs is 1. The van der Waals surface area contributed by atoms with Crippen molar-refractivity contribution in [2.24, 2.45) is 0 Å². The van der Waals surface area contributed by atoms with Gasteiger partial charge in [0.15, 0.2) is 0 Å². The molecule has 1 heterocycles. The number of aromatic nitrogens is 2. The highest BCUT2D eigenvalue weighted by molar-refractivity contribution is 5.93. The Bertz CT molecular complexity index is 995. The van der Waals surface area contributed by atoms with Gasteiger partial charge in [0.2, 0.25) is 5.91 Å². The summed E-state index contributed by atoms with van der Waals surface area (Å²) in [5, 5.41) is 2.52. The van der Waals surface area contributed by atoms with Crippen LogP contribution < -0.4 is 15.7 Å². The van der Waals surface area contributed by atoms with E-state index in [9.17, 15) is 18.4 Å². The molecule has 0 saturated heterocycles. The van der Waals surface area contributed by atoms with E-state index in [1.54, 1.807) is 28.8 Å². The maximum atomic E-state index is 12.5. The molecule has 6 nitrogen and oxygen atoms in total. The highest BCUT2D eigenvalue weighted by Crippen LogP contribution is 2.25. The van der Waals surface area contributed by atoms with Crippen molar-refractivity contribution in [3.05, 3.63) is 59.0 Å². The van der Waals surface area contributed by atoms with Gasteiger partial charge in [-0.15, -0.1) is 0 Å². The van der Waals surface area contributed by atoms with Crippen molar-refractivity contribution in [3.8, 4) is 5.75 Å². The number of imidazole rings is 1. The molecule has 0 radical (unpaired) electrons. The highest BCUT2D eigenvalue weighted by Gasteiger charge is 2.16. The summed E-state index contributed by atoms with van der Waals surface area (Å²) in [7, 11) is 0. The predicted octanol–water partition coefficient (Wildman–Crippen LogP) is 3.06. The van der Waals surface area contributed by atoms with Gasteiger partial charge in [-0.2, -0.15) is 8.78 Å². The molecule has 0 spiro atoms. The van der Waals surface area contributed by atoms with E-state index in [1.807, 2.05) is 13.0 Å². The summed E-state index contributed by atoms with van der Waals surface area (Å²) >= 11 is 0. The fraction of sp³-hybridized carbons (Fsp3) is 0.222. The van der Waals surface area contributed by atoms with Gasteiger partial charge in [-0.25, -0.2) is 4.79 Å². The molecular formula is C18H17F2N3O3. The maximum Gasteiger partial charge on any atom is 0.387 e. The van der Waals surface area contributed by atoms with Crippen LogP contribution in [-0.4, -0.2) is 21.7 Å². The molecule has 0 unspecified atom stereocenters. The van der Waals surface area contributed by atoms with Gasteiger partial charge in [0.25, 0.3) is 0 Å². The van der Waals surface area contributed by atoms with Crippen LogP contribution in [-0.2, 0) is 17.9 Å². The molecule has 2 aromatic carbocycles.